The Labute approximate surface area is 325 Å². The lowest BCUT2D eigenvalue weighted by Crippen LogP contribution is -2.57. The molecule has 0 radical (unpaired) electrons. The number of anilines is 1. The van der Waals surface area contributed by atoms with Gasteiger partial charge < -0.3 is 19.1 Å². The Bertz CT molecular complexity index is 1830. The first-order chi connectivity index (χ1) is 26.0. The van der Waals surface area contributed by atoms with Gasteiger partial charge >= 0.3 is 0 Å². The molecule has 3 fully saturated rings. The normalized spacial score (nSPS) is 33.2. The minimum Gasteiger partial charge on any atom is -0.490 e. The highest BCUT2D eigenvalue weighted by atomic mass is 35.5. The minimum atomic E-state index is -3.97. The molecule has 0 aromatic heterocycles. The summed E-state index contributed by atoms with van der Waals surface area (Å²) in [6.45, 7) is 9.27. The maximum atomic E-state index is 13.4. The monoisotopic (exact) mass is 782 g/mol. The van der Waals surface area contributed by atoms with Crippen LogP contribution < -0.4 is 19.7 Å². The van der Waals surface area contributed by atoms with Crippen LogP contribution in [0.1, 0.15) is 80.3 Å². The quantitative estimate of drug-likeness (QED) is 0.307. The molecule has 2 N–H and O–H groups in total. The van der Waals surface area contributed by atoms with Gasteiger partial charge in [0, 0.05) is 61.4 Å². The van der Waals surface area contributed by atoms with E-state index in [1.54, 1.807) is 32.2 Å². The summed E-state index contributed by atoms with van der Waals surface area (Å²) in [4.78, 5) is 30.8. The van der Waals surface area contributed by atoms with Gasteiger partial charge in [0.15, 0.2) is 6.29 Å². The maximum absolute atomic E-state index is 13.4. The number of hydrogen-bond acceptors (Lipinski definition) is 10. The van der Waals surface area contributed by atoms with E-state index in [0.717, 1.165) is 76.7 Å². The molecule has 11 nitrogen and oxygen atoms in total. The van der Waals surface area contributed by atoms with E-state index in [9.17, 15) is 18.0 Å². The number of benzene rings is 2. The number of halogens is 1. The van der Waals surface area contributed by atoms with Crippen molar-refractivity contribution in [1.29, 1.82) is 0 Å². The summed E-state index contributed by atoms with van der Waals surface area (Å²) >= 11 is 6.40. The van der Waals surface area contributed by atoms with Crippen molar-refractivity contribution in [2.24, 2.45) is 17.8 Å². The van der Waals surface area contributed by atoms with Crippen molar-refractivity contribution < 1.29 is 32.2 Å². The lowest BCUT2D eigenvalue weighted by molar-refractivity contribution is -0.135. The Kier molecular flexibility index (Phi) is 11.8. The van der Waals surface area contributed by atoms with E-state index < -0.39 is 26.8 Å². The van der Waals surface area contributed by atoms with Gasteiger partial charge in [-0.15, -0.1) is 0 Å². The highest BCUT2D eigenvalue weighted by molar-refractivity contribution is 7.90. The van der Waals surface area contributed by atoms with Gasteiger partial charge in [0.25, 0.3) is 5.91 Å². The van der Waals surface area contributed by atoms with E-state index in [4.69, 9.17) is 25.8 Å². The van der Waals surface area contributed by atoms with Crippen molar-refractivity contribution >= 4 is 39.5 Å². The van der Waals surface area contributed by atoms with Crippen LogP contribution in [-0.2, 0) is 36.1 Å². The van der Waals surface area contributed by atoms with Gasteiger partial charge in [-0.25, -0.2) is 13.1 Å². The first-order valence-electron chi connectivity index (χ1n) is 19.6. The summed E-state index contributed by atoms with van der Waals surface area (Å²) in [6.07, 6.45) is 12.1. The molecule has 54 heavy (non-hydrogen) atoms. The number of aldehydes is 1. The number of fused-ring (bicyclic) bond motifs is 4. The topological polar surface area (TPSA) is 127 Å². The Hall–Kier alpha value is -3.00. The summed E-state index contributed by atoms with van der Waals surface area (Å²) in [6, 6.07) is 12.1. The number of rotatable bonds is 3. The van der Waals surface area contributed by atoms with Gasteiger partial charge in [0.05, 0.1) is 30.9 Å². The van der Waals surface area contributed by atoms with Crippen LogP contribution in [0.5, 0.6) is 5.75 Å². The van der Waals surface area contributed by atoms with Crippen LogP contribution >= 0.6 is 11.6 Å². The summed E-state index contributed by atoms with van der Waals surface area (Å²) in [7, 11) is -2.41. The molecule has 6 aliphatic rings. The van der Waals surface area contributed by atoms with Crippen molar-refractivity contribution in [3.63, 3.8) is 0 Å². The fourth-order valence-electron chi connectivity index (χ4n) is 9.23. The van der Waals surface area contributed by atoms with Crippen LogP contribution in [0.25, 0.3) is 0 Å². The number of allylic oxidation sites excluding steroid dienone is 1. The largest absolute Gasteiger partial charge is 0.490 e. The number of ether oxygens (including phenoxy) is 3. The molecule has 2 bridgehead atoms. The molecule has 4 heterocycles. The molecular weight excluding hydrogens is 728 g/mol. The molecule has 2 aliphatic carbocycles. The molecule has 0 unspecified atom stereocenters. The fourth-order valence-corrected chi connectivity index (χ4v) is 10.7. The number of aryl methyl sites for hydroxylation is 1. The maximum Gasteiger partial charge on any atom is 0.264 e. The van der Waals surface area contributed by atoms with Crippen molar-refractivity contribution in [1.82, 2.24) is 14.9 Å². The number of nitrogens with one attached hydrogen (secondary N) is 2. The molecule has 13 heteroatoms. The number of methoxy groups -OCH3 is 1. The summed E-state index contributed by atoms with van der Waals surface area (Å²) in [5.74, 6) is -0.203. The zero-order valence-electron chi connectivity index (χ0n) is 31.7. The summed E-state index contributed by atoms with van der Waals surface area (Å²) in [5.41, 5.74) is 2.05. The zero-order valence-corrected chi connectivity index (χ0v) is 33.3. The lowest BCUT2D eigenvalue weighted by Gasteiger charge is -2.48. The molecule has 2 aromatic carbocycles. The average Bonchev–Trinajstić information content (AvgIpc) is 3.28. The summed E-state index contributed by atoms with van der Waals surface area (Å²) in [5, 5.41) is 3.12. The van der Waals surface area contributed by atoms with E-state index >= 15 is 0 Å². The first kappa shape index (κ1) is 39.2. The van der Waals surface area contributed by atoms with Gasteiger partial charge in [0.2, 0.25) is 10.0 Å². The molecule has 2 aromatic rings. The van der Waals surface area contributed by atoms with Crippen molar-refractivity contribution in [3.8, 4) is 5.75 Å². The van der Waals surface area contributed by atoms with E-state index in [2.05, 4.69) is 32.0 Å². The third kappa shape index (κ3) is 7.84. The second-order valence-electron chi connectivity index (χ2n) is 16.2. The van der Waals surface area contributed by atoms with Crippen LogP contribution in [0.2, 0.25) is 5.02 Å². The molecule has 294 valence electrons. The van der Waals surface area contributed by atoms with Crippen LogP contribution in [0, 0.1) is 17.8 Å². The lowest BCUT2D eigenvalue weighted by atomic mass is 9.64. The molecular formula is C41H55ClN4O7S. The number of carbonyl (C=O) groups is 2. The third-order valence-corrected chi connectivity index (χ3v) is 15.2. The fraction of sp³-hybridized carbons (Fsp3) is 0.610. The highest BCUT2D eigenvalue weighted by Gasteiger charge is 2.49. The van der Waals surface area contributed by atoms with Crippen molar-refractivity contribution in [2.75, 3.05) is 58.3 Å². The average molecular weight is 783 g/mol. The van der Waals surface area contributed by atoms with Gasteiger partial charge in [-0.2, -0.15) is 0 Å². The Morgan fingerprint density at radius 1 is 1.06 bits per heavy atom. The third-order valence-electron chi connectivity index (χ3n) is 13.0. The Morgan fingerprint density at radius 2 is 1.85 bits per heavy atom. The molecule has 2 saturated heterocycles. The standard InChI is InChI=1S/C34H41ClN2O6S.C7H14N2O/c1-22-6-4-15-34(20-38,42-3)29-11-8-26(29)18-37-19-33(14-5-7-24-16-27(35)10-12-28(24)33)21-43-31-13-9-25(17-30(31)37)32(39)36-44(40,41)23(22)2;1-3-10-4-2-7(1)9-5-8-6-9/h4,9-10,12-13,15-17,20,22-23,26,29H,5-8,11,14,18-19,21H2,1-3H3,(H,36,39);7-8H,1-6H2/b15-4+;/t22-,23+,26-,29+,33-,34-;/m0./s1. The number of carbonyl (C=O) groups excluding carboxylic acids is 2. The second kappa shape index (κ2) is 16.2. The highest BCUT2D eigenvalue weighted by Crippen LogP contribution is 2.48. The minimum absolute atomic E-state index is 0.0434. The number of nitrogens with zero attached hydrogens (tertiary/aromatic N) is 2. The van der Waals surface area contributed by atoms with Crippen LogP contribution in [0.4, 0.5) is 5.69 Å². The summed E-state index contributed by atoms with van der Waals surface area (Å²) < 4.78 is 46.6. The van der Waals surface area contributed by atoms with E-state index in [0.29, 0.717) is 36.9 Å². The van der Waals surface area contributed by atoms with Crippen molar-refractivity contribution in [2.45, 2.75) is 87.5 Å². The van der Waals surface area contributed by atoms with E-state index in [1.807, 2.05) is 25.1 Å². The predicted octanol–water partition coefficient (Wildman–Crippen LogP) is 5.45. The zero-order chi connectivity index (χ0) is 38.1. The Morgan fingerprint density at radius 3 is 2.54 bits per heavy atom. The molecule has 8 rings (SSSR count). The predicted molar refractivity (Wildman–Crippen MR) is 210 cm³/mol. The smallest absolute Gasteiger partial charge is 0.264 e. The van der Waals surface area contributed by atoms with Gasteiger partial charge in [-0.05, 0) is 118 Å². The van der Waals surface area contributed by atoms with Crippen LogP contribution in [0.3, 0.4) is 0 Å². The number of hydrogen-bond donors (Lipinski definition) is 2. The molecule has 4 aliphatic heterocycles. The van der Waals surface area contributed by atoms with Crippen molar-refractivity contribution in [3.05, 3.63) is 70.3 Å². The first-order valence-corrected chi connectivity index (χ1v) is 21.5. The second-order valence-corrected chi connectivity index (χ2v) is 18.7. The number of amides is 1. The van der Waals surface area contributed by atoms with Gasteiger partial charge in [-0.1, -0.05) is 30.7 Å². The van der Waals surface area contributed by atoms with Crippen LogP contribution in [0.15, 0.2) is 48.6 Å². The van der Waals surface area contributed by atoms with E-state index in [1.165, 1.54) is 24.0 Å². The Balaban J connectivity index is 0.000000386. The molecule has 1 saturated carbocycles. The van der Waals surface area contributed by atoms with Gasteiger partial charge in [0.1, 0.15) is 11.4 Å². The number of sulfonamides is 1. The molecule has 1 amide bonds. The van der Waals surface area contributed by atoms with Crippen LogP contribution in [-0.4, -0.2) is 95.8 Å². The molecule has 6 atom stereocenters. The molecule has 1 spiro atoms. The van der Waals surface area contributed by atoms with Gasteiger partial charge in [-0.3, -0.25) is 19.8 Å². The van der Waals surface area contributed by atoms with E-state index in [-0.39, 0.29) is 28.7 Å². The SMILES string of the molecule is C1CC(N2CNC2)CCO1.CO[C@]1(C=O)/C=C/C[C@H](C)[C@@H](C)S(=O)(=O)NC(=O)c2ccc3c(c2)N(C[C@@H]2CC[C@H]21)C[C@@]1(CCCc2cc(Cl)ccc21)CO3.